The van der Waals surface area contributed by atoms with Gasteiger partial charge in [0.05, 0.1) is 10.4 Å². The largest absolute Gasteiger partial charge is 0.335 e. The molecule has 4 rings (SSSR count). The molecule has 7 nitrogen and oxygen atoms in total. The van der Waals surface area contributed by atoms with Crippen LogP contribution >= 0.6 is 0 Å². The van der Waals surface area contributed by atoms with Crippen LogP contribution in [0.25, 0.3) is 10.9 Å². The monoisotopic (exact) mass is 402 g/mol. The van der Waals surface area contributed by atoms with E-state index in [4.69, 9.17) is 0 Å². The molecule has 2 heterocycles. The minimum atomic E-state index is -3.79. The number of hydrogen-bond acceptors (Lipinski definition) is 4. The van der Waals surface area contributed by atoms with E-state index in [9.17, 15) is 17.6 Å². The number of aryl methyl sites for hydroxylation is 1. The van der Waals surface area contributed by atoms with Gasteiger partial charge in [0.25, 0.3) is 5.91 Å². The normalized spacial score (nSPS) is 15.9. The van der Waals surface area contributed by atoms with Crippen molar-refractivity contribution < 1.29 is 17.6 Å². The Balaban J connectivity index is 1.50. The number of fused-ring (bicyclic) bond motifs is 1. The molecule has 0 unspecified atom stereocenters. The fourth-order valence-corrected chi connectivity index (χ4v) is 4.80. The lowest BCUT2D eigenvalue weighted by atomic mass is 10.1. The Morgan fingerprint density at radius 3 is 2.57 bits per heavy atom. The molecule has 0 radical (unpaired) electrons. The van der Waals surface area contributed by atoms with Crippen LogP contribution < -0.4 is 0 Å². The van der Waals surface area contributed by atoms with E-state index >= 15 is 0 Å². The molecule has 0 bridgehead atoms. The van der Waals surface area contributed by atoms with E-state index in [0.29, 0.717) is 5.69 Å². The van der Waals surface area contributed by atoms with Gasteiger partial charge in [-0.2, -0.15) is 9.40 Å². The van der Waals surface area contributed by atoms with E-state index < -0.39 is 15.8 Å². The summed E-state index contributed by atoms with van der Waals surface area (Å²) in [5.41, 5.74) is 2.13. The van der Waals surface area contributed by atoms with Gasteiger partial charge in [0, 0.05) is 31.6 Å². The predicted molar refractivity (Wildman–Crippen MR) is 102 cm³/mol. The van der Waals surface area contributed by atoms with Crippen LogP contribution in [0.15, 0.2) is 47.4 Å². The first-order valence-corrected chi connectivity index (χ1v) is 10.3. The second-order valence-corrected chi connectivity index (χ2v) is 8.71. The first-order chi connectivity index (χ1) is 13.4. The quantitative estimate of drug-likeness (QED) is 0.727. The molecule has 0 spiro atoms. The standard InChI is InChI=1S/C19H19FN4O3S/c1-13-5-6-17-16(11-13)18(22-21-17)19(25)23-7-9-24(10-8-23)28(26,27)15-4-2-3-14(20)12-15/h2-6,11-12H,7-10H2,1H3,(H,21,22). The highest BCUT2D eigenvalue weighted by atomic mass is 32.2. The molecule has 1 N–H and O–H groups in total. The molecular formula is C19H19FN4O3S. The maximum absolute atomic E-state index is 13.4. The van der Waals surface area contributed by atoms with Gasteiger partial charge in [0.1, 0.15) is 5.82 Å². The average Bonchev–Trinajstić information content (AvgIpc) is 3.10. The van der Waals surface area contributed by atoms with E-state index in [0.717, 1.165) is 22.5 Å². The number of rotatable bonds is 3. The number of aromatic nitrogens is 2. The van der Waals surface area contributed by atoms with Gasteiger partial charge in [-0.15, -0.1) is 0 Å². The van der Waals surface area contributed by atoms with Crippen LogP contribution in [0.1, 0.15) is 16.1 Å². The highest BCUT2D eigenvalue weighted by molar-refractivity contribution is 7.89. The third-order valence-electron chi connectivity index (χ3n) is 4.88. The summed E-state index contributed by atoms with van der Waals surface area (Å²) in [6.07, 6.45) is 0. The van der Waals surface area contributed by atoms with E-state index in [1.165, 1.54) is 22.5 Å². The van der Waals surface area contributed by atoms with Crippen molar-refractivity contribution in [2.45, 2.75) is 11.8 Å². The van der Waals surface area contributed by atoms with Crippen molar-refractivity contribution in [3.63, 3.8) is 0 Å². The van der Waals surface area contributed by atoms with Crippen molar-refractivity contribution in [1.29, 1.82) is 0 Å². The summed E-state index contributed by atoms with van der Waals surface area (Å²) in [5.74, 6) is -0.838. The van der Waals surface area contributed by atoms with Crippen molar-refractivity contribution in [2.24, 2.45) is 0 Å². The van der Waals surface area contributed by atoms with E-state index in [-0.39, 0.29) is 37.0 Å². The average molecular weight is 402 g/mol. The van der Waals surface area contributed by atoms with Crippen molar-refractivity contribution in [1.82, 2.24) is 19.4 Å². The van der Waals surface area contributed by atoms with Gasteiger partial charge < -0.3 is 4.90 Å². The molecule has 146 valence electrons. The Morgan fingerprint density at radius 1 is 1.11 bits per heavy atom. The van der Waals surface area contributed by atoms with E-state index in [1.807, 2.05) is 25.1 Å². The second kappa shape index (κ2) is 6.99. The van der Waals surface area contributed by atoms with Crippen LogP contribution in [0.5, 0.6) is 0 Å². The summed E-state index contributed by atoms with van der Waals surface area (Å²) in [6, 6.07) is 10.6. The third-order valence-corrected chi connectivity index (χ3v) is 6.78. The number of carbonyl (C=O) groups is 1. The summed E-state index contributed by atoms with van der Waals surface area (Å²) in [6.45, 7) is 2.72. The number of amides is 1. The van der Waals surface area contributed by atoms with Crippen LogP contribution in [0, 0.1) is 12.7 Å². The molecular weight excluding hydrogens is 383 g/mol. The SMILES string of the molecule is Cc1ccc2[nH]nc(C(=O)N3CCN(S(=O)(=O)c4cccc(F)c4)CC3)c2c1. The second-order valence-electron chi connectivity index (χ2n) is 6.77. The van der Waals surface area contributed by atoms with Gasteiger partial charge in [0.15, 0.2) is 5.69 Å². The number of benzene rings is 2. The molecule has 0 atom stereocenters. The topological polar surface area (TPSA) is 86.4 Å². The van der Waals surface area contributed by atoms with Crippen LogP contribution in [0.4, 0.5) is 4.39 Å². The lowest BCUT2D eigenvalue weighted by Gasteiger charge is -2.33. The van der Waals surface area contributed by atoms with Gasteiger partial charge in [-0.25, -0.2) is 12.8 Å². The van der Waals surface area contributed by atoms with Crippen molar-refractivity contribution in [3.05, 3.63) is 59.5 Å². The van der Waals surface area contributed by atoms with Gasteiger partial charge in [-0.1, -0.05) is 17.7 Å². The first-order valence-electron chi connectivity index (χ1n) is 8.86. The number of piperazine rings is 1. The van der Waals surface area contributed by atoms with Crippen LogP contribution in [0.2, 0.25) is 0 Å². The molecule has 3 aromatic rings. The maximum atomic E-state index is 13.4. The minimum Gasteiger partial charge on any atom is -0.335 e. The number of hydrogen-bond donors (Lipinski definition) is 1. The first kappa shape index (κ1) is 18.6. The summed E-state index contributed by atoms with van der Waals surface area (Å²) in [5, 5.41) is 7.75. The van der Waals surface area contributed by atoms with Crippen LogP contribution in [-0.4, -0.2) is 59.9 Å². The molecule has 1 aliphatic heterocycles. The Bertz CT molecular complexity index is 1150. The molecule has 1 saturated heterocycles. The molecule has 1 amide bonds. The molecule has 2 aromatic carbocycles. The van der Waals surface area contributed by atoms with Gasteiger partial charge in [0.2, 0.25) is 10.0 Å². The van der Waals surface area contributed by atoms with Crippen molar-refractivity contribution in [3.8, 4) is 0 Å². The zero-order valence-electron chi connectivity index (χ0n) is 15.2. The number of nitrogens with zero attached hydrogens (tertiary/aromatic N) is 3. The Hall–Kier alpha value is -2.78. The number of nitrogens with one attached hydrogen (secondary N) is 1. The van der Waals surface area contributed by atoms with E-state index in [1.54, 1.807) is 4.90 Å². The fraction of sp³-hybridized carbons (Fsp3) is 0.263. The molecule has 0 aliphatic carbocycles. The molecule has 28 heavy (non-hydrogen) atoms. The number of carbonyl (C=O) groups excluding carboxylic acids is 1. The van der Waals surface area contributed by atoms with Gasteiger partial charge >= 0.3 is 0 Å². The highest BCUT2D eigenvalue weighted by Gasteiger charge is 2.31. The summed E-state index contributed by atoms with van der Waals surface area (Å²) >= 11 is 0. The number of sulfonamides is 1. The minimum absolute atomic E-state index is 0.0824. The predicted octanol–water partition coefficient (Wildman–Crippen LogP) is 2.16. The molecule has 1 aromatic heterocycles. The van der Waals surface area contributed by atoms with Crippen molar-refractivity contribution in [2.75, 3.05) is 26.2 Å². The van der Waals surface area contributed by atoms with Crippen molar-refractivity contribution >= 4 is 26.8 Å². The molecule has 1 aliphatic rings. The highest BCUT2D eigenvalue weighted by Crippen LogP contribution is 2.22. The van der Waals surface area contributed by atoms with Gasteiger partial charge in [-0.3, -0.25) is 9.89 Å². The van der Waals surface area contributed by atoms with Crippen LogP contribution in [-0.2, 0) is 10.0 Å². The fourth-order valence-electron chi connectivity index (χ4n) is 3.35. The lowest BCUT2D eigenvalue weighted by molar-refractivity contribution is 0.0694. The summed E-state index contributed by atoms with van der Waals surface area (Å²) < 4.78 is 40.1. The zero-order chi connectivity index (χ0) is 19.9. The number of aromatic amines is 1. The Morgan fingerprint density at radius 2 is 1.86 bits per heavy atom. The lowest BCUT2D eigenvalue weighted by Crippen LogP contribution is -2.50. The summed E-state index contributed by atoms with van der Waals surface area (Å²) in [7, 11) is -3.79. The molecule has 1 fully saturated rings. The molecule has 9 heteroatoms. The number of halogens is 1. The van der Waals surface area contributed by atoms with Crippen LogP contribution in [0.3, 0.4) is 0 Å². The molecule has 0 saturated carbocycles. The zero-order valence-corrected chi connectivity index (χ0v) is 16.0. The maximum Gasteiger partial charge on any atom is 0.275 e. The Labute approximate surface area is 161 Å². The number of H-pyrrole nitrogens is 1. The Kier molecular flexibility index (Phi) is 4.64. The smallest absolute Gasteiger partial charge is 0.275 e. The third kappa shape index (κ3) is 3.27. The van der Waals surface area contributed by atoms with Gasteiger partial charge in [-0.05, 0) is 37.3 Å². The summed E-state index contributed by atoms with van der Waals surface area (Å²) in [4.78, 5) is 14.4. The van der Waals surface area contributed by atoms with E-state index in [2.05, 4.69) is 10.2 Å².